The van der Waals surface area contributed by atoms with E-state index in [1.807, 2.05) is 6.92 Å². The maximum absolute atomic E-state index is 9.26. The molecule has 0 fully saturated rings. The van der Waals surface area contributed by atoms with E-state index < -0.39 is 6.10 Å². The van der Waals surface area contributed by atoms with E-state index in [1.54, 1.807) is 24.3 Å². The zero-order chi connectivity index (χ0) is 10.4. The molecule has 0 spiro atoms. The minimum Gasteiger partial charge on any atom is -0.492 e. The fraction of sp³-hybridized carbons (Fsp3) is 0.364. The van der Waals surface area contributed by atoms with E-state index in [0.29, 0.717) is 17.9 Å². The summed E-state index contributed by atoms with van der Waals surface area (Å²) in [6.45, 7) is 8.98. The van der Waals surface area contributed by atoms with Gasteiger partial charge in [-0.1, -0.05) is 19.1 Å². The third kappa shape index (κ3) is 3.08. The summed E-state index contributed by atoms with van der Waals surface area (Å²) in [5, 5.41) is 9.26. The SMILES string of the molecule is [C-]#[N+]c1cccc(OC[C@@H](O)CC)c1. The number of ether oxygens (including phenoxy) is 1. The molecule has 0 aliphatic rings. The third-order valence-corrected chi connectivity index (χ3v) is 1.86. The van der Waals surface area contributed by atoms with Crippen LogP contribution in [0.15, 0.2) is 24.3 Å². The second-order valence-corrected chi connectivity index (χ2v) is 2.98. The second kappa shape index (κ2) is 5.25. The molecule has 1 aromatic carbocycles. The first-order chi connectivity index (χ1) is 6.76. The van der Waals surface area contributed by atoms with Crippen molar-refractivity contribution in [3.8, 4) is 5.75 Å². The van der Waals surface area contributed by atoms with Crippen molar-refractivity contribution in [2.45, 2.75) is 19.4 Å². The molecule has 14 heavy (non-hydrogen) atoms. The highest BCUT2D eigenvalue weighted by Gasteiger charge is 2.01. The number of aliphatic hydroxyl groups excluding tert-OH is 1. The molecule has 1 aromatic rings. The maximum Gasteiger partial charge on any atom is 0.190 e. The average molecular weight is 191 g/mol. The summed E-state index contributed by atoms with van der Waals surface area (Å²) in [4.78, 5) is 3.29. The molecule has 0 saturated carbocycles. The molecule has 3 nitrogen and oxygen atoms in total. The molecule has 74 valence electrons. The molecule has 3 heteroatoms. The van der Waals surface area contributed by atoms with E-state index in [4.69, 9.17) is 11.3 Å². The van der Waals surface area contributed by atoms with Gasteiger partial charge in [-0.2, -0.15) is 0 Å². The predicted octanol–water partition coefficient (Wildman–Crippen LogP) is 2.39. The number of hydrogen-bond acceptors (Lipinski definition) is 2. The van der Waals surface area contributed by atoms with Crippen LogP contribution in [0.1, 0.15) is 13.3 Å². The van der Waals surface area contributed by atoms with Crippen molar-refractivity contribution in [1.29, 1.82) is 0 Å². The molecule has 0 amide bonds. The van der Waals surface area contributed by atoms with Crippen LogP contribution in [0.25, 0.3) is 4.85 Å². The molecule has 1 rings (SSSR count). The number of nitrogens with zero attached hydrogens (tertiary/aromatic N) is 1. The standard InChI is InChI=1S/C11H13NO2/c1-3-10(13)8-14-11-6-4-5-9(7-11)12-2/h4-7,10,13H,3,8H2,1H3/t10-/m0/s1. The van der Waals surface area contributed by atoms with Crippen LogP contribution in [0, 0.1) is 6.57 Å². The molecule has 1 atom stereocenters. The number of benzene rings is 1. The van der Waals surface area contributed by atoms with Gasteiger partial charge in [0, 0.05) is 0 Å². The second-order valence-electron chi connectivity index (χ2n) is 2.98. The summed E-state index contributed by atoms with van der Waals surface area (Å²) in [6, 6.07) is 6.92. The minimum atomic E-state index is -0.438. The highest BCUT2D eigenvalue weighted by Crippen LogP contribution is 2.19. The van der Waals surface area contributed by atoms with Crippen molar-refractivity contribution >= 4 is 5.69 Å². The van der Waals surface area contributed by atoms with Crippen LogP contribution in [-0.4, -0.2) is 17.8 Å². The largest absolute Gasteiger partial charge is 0.492 e. The smallest absolute Gasteiger partial charge is 0.190 e. The fourth-order valence-electron chi connectivity index (χ4n) is 0.953. The van der Waals surface area contributed by atoms with Gasteiger partial charge in [-0.05, 0) is 18.6 Å². The Morgan fingerprint density at radius 1 is 1.57 bits per heavy atom. The van der Waals surface area contributed by atoms with Crippen LogP contribution in [0.2, 0.25) is 0 Å². The Balaban J connectivity index is 2.55. The fourth-order valence-corrected chi connectivity index (χ4v) is 0.953. The number of rotatable bonds is 4. The molecular weight excluding hydrogens is 178 g/mol. The molecule has 0 saturated heterocycles. The van der Waals surface area contributed by atoms with Gasteiger partial charge in [0.05, 0.1) is 12.7 Å². The molecule has 0 aliphatic heterocycles. The summed E-state index contributed by atoms with van der Waals surface area (Å²) >= 11 is 0. The zero-order valence-corrected chi connectivity index (χ0v) is 8.10. The lowest BCUT2D eigenvalue weighted by atomic mass is 10.3. The monoisotopic (exact) mass is 191 g/mol. The van der Waals surface area contributed by atoms with Crippen molar-refractivity contribution in [3.63, 3.8) is 0 Å². The van der Waals surface area contributed by atoms with Gasteiger partial charge < -0.3 is 9.84 Å². The van der Waals surface area contributed by atoms with E-state index in [2.05, 4.69) is 4.85 Å². The van der Waals surface area contributed by atoms with Gasteiger partial charge >= 0.3 is 0 Å². The summed E-state index contributed by atoms with van der Waals surface area (Å²) in [5.41, 5.74) is 0.550. The van der Waals surface area contributed by atoms with Gasteiger partial charge in [0.1, 0.15) is 12.4 Å². The number of hydrogen-bond donors (Lipinski definition) is 1. The van der Waals surface area contributed by atoms with Gasteiger partial charge in [-0.3, -0.25) is 0 Å². The Labute approximate surface area is 83.8 Å². The quantitative estimate of drug-likeness (QED) is 0.741. The first kappa shape index (κ1) is 10.6. The van der Waals surface area contributed by atoms with Crippen LogP contribution in [0.3, 0.4) is 0 Å². The van der Waals surface area contributed by atoms with Gasteiger partial charge in [-0.25, -0.2) is 4.85 Å². The lowest BCUT2D eigenvalue weighted by Crippen LogP contribution is -2.15. The molecule has 0 unspecified atom stereocenters. The lowest BCUT2D eigenvalue weighted by Gasteiger charge is -2.10. The van der Waals surface area contributed by atoms with E-state index in [9.17, 15) is 5.11 Å². The Kier molecular flexibility index (Phi) is 3.96. The van der Waals surface area contributed by atoms with Crippen molar-refractivity contribution in [1.82, 2.24) is 0 Å². The Morgan fingerprint density at radius 2 is 2.36 bits per heavy atom. The first-order valence-corrected chi connectivity index (χ1v) is 4.54. The highest BCUT2D eigenvalue weighted by molar-refractivity contribution is 5.48. The van der Waals surface area contributed by atoms with Crippen molar-refractivity contribution in [2.24, 2.45) is 0 Å². The lowest BCUT2D eigenvalue weighted by molar-refractivity contribution is 0.104. The van der Waals surface area contributed by atoms with E-state index >= 15 is 0 Å². The molecule has 0 radical (unpaired) electrons. The van der Waals surface area contributed by atoms with Crippen molar-refractivity contribution in [3.05, 3.63) is 35.7 Å². The summed E-state index contributed by atoms with van der Waals surface area (Å²) < 4.78 is 5.31. The minimum absolute atomic E-state index is 0.276. The van der Waals surface area contributed by atoms with Gasteiger partial charge in [0.2, 0.25) is 0 Å². The normalized spacial score (nSPS) is 11.8. The molecule has 1 N–H and O–H groups in total. The van der Waals surface area contributed by atoms with Crippen LogP contribution in [-0.2, 0) is 0 Å². The Morgan fingerprint density at radius 3 is 3.00 bits per heavy atom. The highest BCUT2D eigenvalue weighted by atomic mass is 16.5. The molecule has 0 aliphatic carbocycles. The molecule has 0 bridgehead atoms. The van der Waals surface area contributed by atoms with Crippen molar-refractivity contribution < 1.29 is 9.84 Å². The van der Waals surface area contributed by atoms with Crippen LogP contribution < -0.4 is 4.74 Å². The Bertz CT molecular complexity index is 330. The van der Waals surface area contributed by atoms with Gasteiger partial charge in [0.15, 0.2) is 5.69 Å². The van der Waals surface area contributed by atoms with Crippen molar-refractivity contribution in [2.75, 3.05) is 6.61 Å². The van der Waals surface area contributed by atoms with E-state index in [1.165, 1.54) is 0 Å². The molecule has 0 aromatic heterocycles. The maximum atomic E-state index is 9.26. The summed E-state index contributed by atoms with van der Waals surface area (Å²) in [6.07, 6.45) is 0.231. The first-order valence-electron chi connectivity index (χ1n) is 4.54. The van der Waals surface area contributed by atoms with Gasteiger partial charge in [-0.15, -0.1) is 0 Å². The van der Waals surface area contributed by atoms with Crippen LogP contribution in [0.5, 0.6) is 5.75 Å². The Hall–Kier alpha value is -1.53. The number of aliphatic hydroxyl groups is 1. The average Bonchev–Trinajstić information content (AvgIpc) is 2.26. The predicted molar refractivity (Wildman–Crippen MR) is 54.5 cm³/mol. The summed E-state index contributed by atoms with van der Waals surface area (Å²) in [5.74, 6) is 0.631. The summed E-state index contributed by atoms with van der Waals surface area (Å²) in [7, 11) is 0. The topological polar surface area (TPSA) is 33.8 Å². The van der Waals surface area contributed by atoms with Gasteiger partial charge in [0.25, 0.3) is 0 Å². The van der Waals surface area contributed by atoms with Crippen LogP contribution >= 0.6 is 0 Å². The molecule has 0 heterocycles. The zero-order valence-electron chi connectivity index (χ0n) is 8.10. The van der Waals surface area contributed by atoms with E-state index in [-0.39, 0.29) is 6.61 Å². The molecular formula is C11H13NO2. The van der Waals surface area contributed by atoms with E-state index in [0.717, 1.165) is 0 Å². The van der Waals surface area contributed by atoms with Crippen LogP contribution in [0.4, 0.5) is 5.69 Å². The third-order valence-electron chi connectivity index (χ3n) is 1.86.